The first-order chi connectivity index (χ1) is 13.9. The maximum absolute atomic E-state index is 11.2. The predicted molar refractivity (Wildman–Crippen MR) is 117 cm³/mol. The summed E-state index contributed by atoms with van der Waals surface area (Å²) < 4.78 is 0. The maximum atomic E-state index is 11.2. The van der Waals surface area contributed by atoms with E-state index in [0.717, 1.165) is 35.9 Å². The number of hydrogen-bond donors (Lipinski definition) is 2. The predicted octanol–water partition coefficient (Wildman–Crippen LogP) is 3.98. The molecular formula is C22H31N5O2. The van der Waals surface area contributed by atoms with Gasteiger partial charge in [-0.3, -0.25) is 4.79 Å². The normalized spacial score (nSPS) is 14.7. The van der Waals surface area contributed by atoms with Gasteiger partial charge in [0.15, 0.2) is 0 Å². The largest absolute Gasteiger partial charge is 0.481 e. The lowest BCUT2D eigenvalue weighted by Gasteiger charge is -2.31. The first kappa shape index (κ1) is 20.9. The van der Waals surface area contributed by atoms with E-state index in [1.54, 1.807) is 0 Å². The minimum absolute atomic E-state index is 0.251. The van der Waals surface area contributed by atoms with E-state index in [1.807, 2.05) is 13.0 Å². The van der Waals surface area contributed by atoms with Gasteiger partial charge in [-0.15, -0.1) is 0 Å². The van der Waals surface area contributed by atoms with E-state index in [4.69, 9.17) is 4.98 Å². The number of nitrogens with one attached hydrogen (secondary N) is 1. The molecule has 2 aromatic rings. The van der Waals surface area contributed by atoms with Crippen LogP contribution in [0.2, 0.25) is 0 Å². The van der Waals surface area contributed by atoms with E-state index in [1.165, 1.54) is 5.69 Å². The van der Waals surface area contributed by atoms with Gasteiger partial charge < -0.3 is 20.2 Å². The molecule has 1 aliphatic rings. The van der Waals surface area contributed by atoms with Crippen LogP contribution in [0.5, 0.6) is 0 Å². The Morgan fingerprint density at radius 2 is 1.86 bits per heavy atom. The molecule has 0 amide bonds. The smallest absolute Gasteiger partial charge is 0.306 e. The van der Waals surface area contributed by atoms with E-state index >= 15 is 0 Å². The lowest BCUT2D eigenvalue weighted by Crippen LogP contribution is -2.36. The van der Waals surface area contributed by atoms with Crippen LogP contribution < -0.4 is 15.1 Å². The summed E-state index contributed by atoms with van der Waals surface area (Å²) in [7, 11) is 0. The van der Waals surface area contributed by atoms with Crippen molar-refractivity contribution in [3.63, 3.8) is 0 Å². The minimum Gasteiger partial charge on any atom is -0.481 e. The fraction of sp³-hybridized carbons (Fsp3) is 0.500. The van der Waals surface area contributed by atoms with Gasteiger partial charge in [-0.1, -0.05) is 0 Å². The fourth-order valence-corrected chi connectivity index (χ4v) is 3.82. The average Bonchev–Trinajstić information content (AvgIpc) is 2.70. The van der Waals surface area contributed by atoms with Crippen LogP contribution in [0.15, 0.2) is 24.3 Å². The third kappa shape index (κ3) is 4.96. The van der Waals surface area contributed by atoms with E-state index in [2.05, 4.69) is 59.1 Å². The molecule has 29 heavy (non-hydrogen) atoms. The van der Waals surface area contributed by atoms with Crippen molar-refractivity contribution in [2.45, 2.75) is 40.5 Å². The van der Waals surface area contributed by atoms with Crippen molar-refractivity contribution >= 4 is 29.1 Å². The molecule has 2 heterocycles. The van der Waals surface area contributed by atoms with Gasteiger partial charge in [0.05, 0.1) is 5.92 Å². The molecule has 0 unspecified atom stereocenters. The number of aliphatic carboxylic acids is 1. The van der Waals surface area contributed by atoms with Crippen LogP contribution in [-0.2, 0) is 4.79 Å². The molecule has 7 heteroatoms. The molecule has 7 nitrogen and oxygen atoms in total. The highest BCUT2D eigenvalue weighted by atomic mass is 16.4. The highest BCUT2D eigenvalue weighted by molar-refractivity contribution is 5.70. The molecular weight excluding hydrogens is 366 g/mol. The molecule has 3 rings (SSSR count). The van der Waals surface area contributed by atoms with Crippen LogP contribution in [-0.4, -0.2) is 47.2 Å². The zero-order valence-corrected chi connectivity index (χ0v) is 17.8. The first-order valence-corrected chi connectivity index (χ1v) is 10.4. The van der Waals surface area contributed by atoms with E-state index in [-0.39, 0.29) is 5.92 Å². The van der Waals surface area contributed by atoms with Crippen molar-refractivity contribution in [3.05, 3.63) is 35.5 Å². The van der Waals surface area contributed by atoms with E-state index < -0.39 is 5.97 Å². The van der Waals surface area contributed by atoms with Gasteiger partial charge in [0.1, 0.15) is 5.82 Å². The van der Waals surface area contributed by atoms with Crippen molar-refractivity contribution < 1.29 is 9.90 Å². The third-order valence-corrected chi connectivity index (χ3v) is 5.59. The summed E-state index contributed by atoms with van der Waals surface area (Å²) in [6.07, 6.45) is 1.29. The maximum Gasteiger partial charge on any atom is 0.306 e. The number of piperidine rings is 1. The van der Waals surface area contributed by atoms with Crippen LogP contribution in [0, 0.1) is 19.8 Å². The molecule has 0 bridgehead atoms. The summed E-state index contributed by atoms with van der Waals surface area (Å²) in [6.45, 7) is 11.7. The Labute approximate surface area is 172 Å². The highest BCUT2D eigenvalue weighted by Gasteiger charge is 2.25. The van der Waals surface area contributed by atoms with Crippen LogP contribution >= 0.6 is 0 Å². The number of hydrogen-bond acceptors (Lipinski definition) is 6. The standard InChI is InChI=1S/C22H31N5O2/c1-5-26(6-2)18-7-8-19(15(3)13-18)24-22-23-16(4)14-20(25-22)27-11-9-17(10-12-27)21(28)29/h7-8,13-14,17H,5-6,9-12H2,1-4H3,(H,28,29)(H,23,24,25). The van der Waals surface area contributed by atoms with Crippen LogP contribution in [0.25, 0.3) is 0 Å². The summed E-state index contributed by atoms with van der Waals surface area (Å²) in [4.78, 5) is 24.9. The monoisotopic (exact) mass is 397 g/mol. The number of aromatic nitrogens is 2. The zero-order valence-electron chi connectivity index (χ0n) is 17.8. The fourth-order valence-electron chi connectivity index (χ4n) is 3.82. The van der Waals surface area contributed by atoms with Crippen molar-refractivity contribution in [1.29, 1.82) is 0 Å². The molecule has 0 spiro atoms. The number of carboxylic acid groups (broad SMARTS) is 1. The number of aryl methyl sites for hydroxylation is 2. The summed E-state index contributed by atoms with van der Waals surface area (Å²) in [5.74, 6) is 0.466. The average molecular weight is 398 g/mol. The number of carbonyl (C=O) groups is 1. The van der Waals surface area contributed by atoms with Gasteiger partial charge in [-0.2, -0.15) is 4.98 Å². The molecule has 0 aliphatic carbocycles. The van der Waals surface area contributed by atoms with Crippen LogP contribution in [0.3, 0.4) is 0 Å². The number of benzene rings is 1. The Hall–Kier alpha value is -2.83. The second-order valence-electron chi connectivity index (χ2n) is 7.59. The Balaban J connectivity index is 1.76. The van der Waals surface area contributed by atoms with E-state index in [9.17, 15) is 9.90 Å². The summed E-state index contributed by atoms with van der Waals surface area (Å²) >= 11 is 0. The number of nitrogens with zero attached hydrogens (tertiary/aromatic N) is 4. The Morgan fingerprint density at radius 3 is 2.45 bits per heavy atom. The molecule has 0 saturated carbocycles. The van der Waals surface area contributed by atoms with Gasteiger partial charge in [-0.05, 0) is 64.3 Å². The Morgan fingerprint density at radius 1 is 1.17 bits per heavy atom. The molecule has 2 N–H and O–H groups in total. The van der Waals surface area contributed by atoms with Gasteiger partial charge >= 0.3 is 5.97 Å². The lowest BCUT2D eigenvalue weighted by molar-refractivity contribution is -0.142. The molecule has 0 atom stereocenters. The molecule has 0 radical (unpaired) electrons. The molecule has 1 aromatic carbocycles. The lowest BCUT2D eigenvalue weighted by atomic mass is 9.97. The molecule has 156 valence electrons. The third-order valence-electron chi connectivity index (χ3n) is 5.59. The summed E-state index contributed by atoms with van der Waals surface area (Å²) in [5, 5.41) is 12.6. The number of anilines is 4. The number of carboxylic acids is 1. The minimum atomic E-state index is -0.700. The zero-order chi connectivity index (χ0) is 21.0. The topological polar surface area (TPSA) is 81.6 Å². The second-order valence-corrected chi connectivity index (χ2v) is 7.59. The Bertz CT molecular complexity index is 858. The van der Waals surface area contributed by atoms with Gasteiger partial charge in [0.2, 0.25) is 5.95 Å². The van der Waals surface area contributed by atoms with Crippen molar-refractivity contribution in [3.8, 4) is 0 Å². The number of rotatable bonds is 7. The van der Waals surface area contributed by atoms with Gasteiger partial charge in [-0.25, -0.2) is 4.98 Å². The first-order valence-electron chi connectivity index (χ1n) is 10.4. The molecule has 1 fully saturated rings. The van der Waals surface area contributed by atoms with Gasteiger partial charge in [0, 0.05) is 49.3 Å². The molecule has 1 aliphatic heterocycles. The summed E-state index contributed by atoms with van der Waals surface area (Å²) in [6, 6.07) is 8.34. The van der Waals surface area contributed by atoms with Crippen LogP contribution in [0.1, 0.15) is 37.9 Å². The van der Waals surface area contributed by atoms with Crippen molar-refractivity contribution in [1.82, 2.24) is 9.97 Å². The van der Waals surface area contributed by atoms with Crippen molar-refractivity contribution in [2.24, 2.45) is 5.92 Å². The second kappa shape index (κ2) is 9.11. The van der Waals surface area contributed by atoms with Crippen molar-refractivity contribution in [2.75, 3.05) is 41.3 Å². The quantitative estimate of drug-likeness (QED) is 0.731. The van der Waals surface area contributed by atoms with Crippen LogP contribution in [0.4, 0.5) is 23.1 Å². The van der Waals surface area contributed by atoms with E-state index in [0.29, 0.717) is 31.9 Å². The summed E-state index contributed by atoms with van der Waals surface area (Å²) in [5.41, 5.74) is 4.23. The van der Waals surface area contributed by atoms with Gasteiger partial charge in [0.25, 0.3) is 0 Å². The molecule has 1 aromatic heterocycles. The molecule has 1 saturated heterocycles. The highest BCUT2D eigenvalue weighted by Crippen LogP contribution is 2.27. The SMILES string of the molecule is CCN(CC)c1ccc(Nc2nc(C)cc(N3CCC(C(=O)O)CC3)n2)c(C)c1. The Kier molecular flexibility index (Phi) is 6.56.